The van der Waals surface area contributed by atoms with Crippen LogP contribution in [0, 0.1) is 0 Å². The lowest BCUT2D eigenvalue weighted by molar-refractivity contribution is -0.359. The largest absolute Gasteiger partial charge is 0.394 e. The quantitative estimate of drug-likeness (QED) is 0.0204. The number of ether oxygens (including phenoxy) is 4. The summed E-state index contributed by atoms with van der Waals surface area (Å²) in [6, 6.07) is -0.945. The summed E-state index contributed by atoms with van der Waals surface area (Å²) >= 11 is 0. The van der Waals surface area contributed by atoms with Crippen LogP contribution in [0.4, 0.5) is 0 Å². The summed E-state index contributed by atoms with van der Waals surface area (Å²) in [6.45, 7) is 2.68. The van der Waals surface area contributed by atoms with E-state index < -0.39 is 86.8 Å². The minimum atomic E-state index is -1.80. The normalized spacial score (nSPS) is 24.4. The number of unbranched alkanes of at least 4 members (excludes halogenated alkanes) is 28. The third-order valence-corrected chi connectivity index (χ3v) is 15.8. The van der Waals surface area contributed by atoms with Gasteiger partial charge in [-0.2, -0.15) is 0 Å². The highest BCUT2D eigenvalue weighted by Gasteiger charge is 2.51. The first-order valence-corrected chi connectivity index (χ1v) is 33.3. The van der Waals surface area contributed by atoms with Crippen molar-refractivity contribution in [2.24, 2.45) is 0 Å². The van der Waals surface area contributed by atoms with E-state index in [9.17, 15) is 45.6 Å². The Morgan fingerprint density at radius 1 is 0.446 bits per heavy atom. The maximum Gasteiger partial charge on any atom is 0.220 e. The number of hydrogen-bond acceptors (Lipinski definition) is 13. The van der Waals surface area contributed by atoms with Crippen molar-refractivity contribution in [3.8, 4) is 0 Å². The molecule has 12 unspecified atom stereocenters. The van der Waals surface area contributed by atoms with Crippen LogP contribution in [0.25, 0.3) is 0 Å². The number of hydrogen-bond donors (Lipinski definition) is 9. The van der Waals surface area contributed by atoms with Gasteiger partial charge in [0.15, 0.2) is 12.6 Å². The van der Waals surface area contributed by atoms with E-state index in [1.54, 1.807) is 6.08 Å². The van der Waals surface area contributed by atoms with E-state index in [-0.39, 0.29) is 18.9 Å². The zero-order valence-corrected chi connectivity index (χ0v) is 51.9. The Morgan fingerprint density at radius 2 is 0.843 bits per heavy atom. The van der Waals surface area contributed by atoms with E-state index >= 15 is 0 Å². The van der Waals surface area contributed by atoms with Gasteiger partial charge in [-0.25, -0.2) is 0 Å². The molecule has 1 amide bonds. The summed E-state index contributed by atoms with van der Waals surface area (Å²) in [6.07, 6.45) is 56.3. The molecule has 9 N–H and O–H groups in total. The van der Waals surface area contributed by atoms with E-state index in [1.165, 1.54) is 141 Å². The molecule has 0 radical (unpaired) electrons. The molecule has 0 bridgehead atoms. The highest BCUT2D eigenvalue weighted by atomic mass is 16.7. The van der Waals surface area contributed by atoms with Crippen molar-refractivity contribution in [3.63, 3.8) is 0 Å². The van der Waals surface area contributed by atoms with Gasteiger partial charge in [0.05, 0.1) is 32.0 Å². The van der Waals surface area contributed by atoms with Gasteiger partial charge in [0.2, 0.25) is 5.91 Å². The van der Waals surface area contributed by atoms with Crippen LogP contribution < -0.4 is 5.32 Å². The van der Waals surface area contributed by atoms with Gasteiger partial charge in [-0.1, -0.05) is 247 Å². The van der Waals surface area contributed by atoms with Gasteiger partial charge in [0.1, 0.15) is 48.8 Å². The van der Waals surface area contributed by atoms with Gasteiger partial charge in [0.25, 0.3) is 0 Å². The number of amides is 1. The molecule has 0 spiro atoms. The fraction of sp³-hybridized carbons (Fsp3) is 0.783. The van der Waals surface area contributed by atoms with Crippen molar-refractivity contribution >= 4 is 5.91 Å². The first-order valence-electron chi connectivity index (χ1n) is 33.3. The van der Waals surface area contributed by atoms with Crippen molar-refractivity contribution < 1.29 is 64.6 Å². The predicted molar refractivity (Wildman–Crippen MR) is 336 cm³/mol. The third kappa shape index (κ3) is 38.1. The molecule has 0 aromatic carbocycles. The number of rotatable bonds is 53. The highest BCUT2D eigenvalue weighted by molar-refractivity contribution is 5.76. The Bertz CT molecular complexity index is 1710. The second kappa shape index (κ2) is 53.4. The fourth-order valence-electron chi connectivity index (χ4n) is 10.5. The van der Waals surface area contributed by atoms with Crippen molar-refractivity contribution in [2.75, 3.05) is 19.8 Å². The molecular weight excluding hydrogens is 1050 g/mol. The van der Waals surface area contributed by atoms with Crippen LogP contribution >= 0.6 is 0 Å². The van der Waals surface area contributed by atoms with Gasteiger partial charge in [-0.3, -0.25) is 4.79 Å². The van der Waals surface area contributed by atoms with Crippen LogP contribution in [0.1, 0.15) is 251 Å². The molecule has 14 nitrogen and oxygen atoms in total. The lowest BCUT2D eigenvalue weighted by atomic mass is 9.97. The molecule has 2 rings (SSSR count). The Labute approximate surface area is 503 Å². The molecule has 0 aromatic rings. The minimum absolute atomic E-state index is 0.257. The first kappa shape index (κ1) is 76.3. The summed E-state index contributed by atoms with van der Waals surface area (Å²) in [5, 5.41) is 87.3. The van der Waals surface area contributed by atoms with Crippen molar-refractivity contribution in [2.45, 2.75) is 325 Å². The monoisotopic (exact) mass is 1170 g/mol. The number of nitrogens with one attached hydrogen (secondary N) is 1. The molecule has 14 heteroatoms. The molecule has 2 aliphatic heterocycles. The zero-order chi connectivity index (χ0) is 60.2. The lowest BCUT2D eigenvalue weighted by Gasteiger charge is -2.46. The Kier molecular flexibility index (Phi) is 49.1. The smallest absolute Gasteiger partial charge is 0.220 e. The number of aliphatic hydroxyl groups excluding tert-OH is 8. The Morgan fingerprint density at radius 3 is 1.33 bits per heavy atom. The molecule has 2 heterocycles. The number of allylic oxidation sites excluding steroid dienone is 13. The summed E-state index contributed by atoms with van der Waals surface area (Å²) in [5.74, 6) is -0.257. The highest BCUT2D eigenvalue weighted by Crippen LogP contribution is 2.30. The minimum Gasteiger partial charge on any atom is -0.394 e. The van der Waals surface area contributed by atoms with Gasteiger partial charge < -0.3 is 65.1 Å². The Hall–Kier alpha value is -2.83. The molecule has 12 atom stereocenters. The second-order valence-electron chi connectivity index (χ2n) is 23.2. The van der Waals surface area contributed by atoms with Gasteiger partial charge >= 0.3 is 0 Å². The molecule has 0 aliphatic carbocycles. The van der Waals surface area contributed by atoms with Crippen LogP contribution in [-0.4, -0.2) is 140 Å². The molecule has 2 fully saturated rings. The maximum absolute atomic E-state index is 13.3. The molecule has 2 saturated heterocycles. The molecule has 480 valence electrons. The lowest BCUT2D eigenvalue weighted by Crippen LogP contribution is -2.65. The van der Waals surface area contributed by atoms with E-state index in [2.05, 4.69) is 92.1 Å². The van der Waals surface area contributed by atoms with E-state index in [0.717, 1.165) is 77.0 Å². The van der Waals surface area contributed by atoms with Gasteiger partial charge in [0, 0.05) is 6.42 Å². The predicted octanol–water partition coefficient (Wildman–Crippen LogP) is 12.8. The number of carbonyl (C=O) groups excluding carboxylic acids is 1. The second-order valence-corrected chi connectivity index (χ2v) is 23.2. The third-order valence-electron chi connectivity index (χ3n) is 15.8. The fourth-order valence-corrected chi connectivity index (χ4v) is 10.5. The van der Waals surface area contributed by atoms with Crippen LogP contribution in [0.2, 0.25) is 0 Å². The van der Waals surface area contributed by atoms with Crippen molar-refractivity contribution in [1.29, 1.82) is 0 Å². The SMILES string of the molecule is CC/C=C\C/C=C\C/C=C\C/C=C\CCCCCCCCCCCCCCC(=O)NC(COC1OC(CO)C(OC2OC(CO)C(O)C(O)C2O)C(O)C1O)C(O)/C=C/CC/C=C/CC/C=C/CCCCCCCCCCCCCCCC. The molecule has 2 aliphatic rings. The first-order chi connectivity index (χ1) is 40.6. The van der Waals surface area contributed by atoms with Crippen LogP contribution in [0.3, 0.4) is 0 Å². The summed E-state index contributed by atoms with van der Waals surface area (Å²) in [4.78, 5) is 13.3. The summed E-state index contributed by atoms with van der Waals surface area (Å²) < 4.78 is 22.8. The van der Waals surface area contributed by atoms with Crippen LogP contribution in [-0.2, 0) is 23.7 Å². The van der Waals surface area contributed by atoms with Crippen LogP contribution in [0.5, 0.6) is 0 Å². The van der Waals surface area contributed by atoms with Crippen LogP contribution in [0.15, 0.2) is 85.1 Å². The van der Waals surface area contributed by atoms with E-state index in [4.69, 9.17) is 18.9 Å². The summed E-state index contributed by atoms with van der Waals surface area (Å²) in [7, 11) is 0. The molecular formula is C69H121NO13. The summed E-state index contributed by atoms with van der Waals surface area (Å²) in [5.41, 5.74) is 0. The Balaban J connectivity index is 1.74. The number of aliphatic hydroxyl groups is 8. The standard InChI is InChI=1S/C69H121NO13/c1-3-5-7-9-11-13-15-17-19-21-23-25-27-29-31-33-35-37-39-41-43-45-47-49-51-53-61(74)70-57(56-80-68-66(79)64(77)67(60(55-72)82-68)83-69-65(78)63(76)62(75)59(54-71)81-69)58(73)52-50-48-46-44-42-40-38-36-34-32-30-28-26-24-22-20-18-16-14-12-10-8-6-4-2/h5,7,11,13,17,19,23,25,34,36,42,44,50,52,57-60,62-69,71-73,75-79H,3-4,6,8-10,12,14-16,18,20-22,24,26-33,35,37-41,43,45-49,51,53-56H2,1-2H3,(H,70,74)/b7-5-,13-11-,19-17-,25-23-,36-34+,44-42+,52-50+. The van der Waals surface area contributed by atoms with Gasteiger partial charge in [-0.05, 0) is 83.5 Å². The van der Waals surface area contributed by atoms with Crippen molar-refractivity contribution in [1.82, 2.24) is 5.32 Å². The topological polar surface area (TPSA) is 228 Å². The van der Waals surface area contributed by atoms with Crippen molar-refractivity contribution in [3.05, 3.63) is 85.1 Å². The maximum atomic E-state index is 13.3. The average molecular weight is 1170 g/mol. The molecule has 0 aromatic heterocycles. The average Bonchev–Trinajstić information content (AvgIpc) is 3.65. The molecule has 0 saturated carbocycles. The van der Waals surface area contributed by atoms with E-state index in [0.29, 0.717) is 12.8 Å². The van der Waals surface area contributed by atoms with Gasteiger partial charge in [-0.15, -0.1) is 0 Å². The number of carbonyl (C=O) groups is 1. The molecule has 83 heavy (non-hydrogen) atoms. The zero-order valence-electron chi connectivity index (χ0n) is 51.9. The van der Waals surface area contributed by atoms with E-state index in [1.807, 2.05) is 6.08 Å².